The van der Waals surface area contributed by atoms with Crippen LogP contribution in [0.3, 0.4) is 0 Å². The van der Waals surface area contributed by atoms with Crippen molar-refractivity contribution in [2.45, 2.75) is 18.0 Å². The Morgan fingerprint density at radius 1 is 1.25 bits per heavy atom. The Hall–Kier alpha value is -1.77. The second-order valence-electron chi connectivity index (χ2n) is 3.74. The first-order chi connectivity index (χ1) is 9.14. The van der Waals surface area contributed by atoms with Crippen LogP contribution < -0.4 is 5.32 Å². The first-order valence-corrected chi connectivity index (χ1v) is 7.12. The molecule has 0 bridgehead atoms. The molecule has 0 radical (unpaired) electrons. The molecule has 0 spiro atoms. The van der Waals surface area contributed by atoms with E-state index in [1.807, 2.05) is 0 Å². The fraction of sp³-hybridized carbons (Fsp3) is 0.364. The lowest BCUT2D eigenvalue weighted by Gasteiger charge is -2.09. The zero-order valence-corrected chi connectivity index (χ0v) is 11.2. The van der Waals surface area contributed by atoms with Crippen molar-refractivity contribution in [3.63, 3.8) is 0 Å². The third kappa shape index (κ3) is 5.08. The quantitative estimate of drug-likeness (QED) is 0.927. The summed E-state index contributed by atoms with van der Waals surface area (Å²) < 4.78 is 62.4. The molecular formula is C11H12F3NO4S. The SMILES string of the molecule is CCS(=O)(=O)c1ccc(NC(=O)OCC(F)(F)F)cc1. The number of sulfone groups is 1. The van der Waals surface area contributed by atoms with Crippen LogP contribution >= 0.6 is 0 Å². The molecule has 0 fully saturated rings. The molecule has 1 aromatic rings. The predicted molar refractivity (Wildman–Crippen MR) is 65.2 cm³/mol. The zero-order chi connectivity index (χ0) is 15.4. The predicted octanol–water partition coefficient (Wildman–Crippen LogP) is 2.59. The summed E-state index contributed by atoms with van der Waals surface area (Å²) in [7, 11) is -3.37. The summed E-state index contributed by atoms with van der Waals surface area (Å²) in [6.45, 7) is -0.211. The van der Waals surface area contributed by atoms with Gasteiger partial charge in [-0.25, -0.2) is 13.2 Å². The largest absolute Gasteiger partial charge is 0.440 e. The molecule has 112 valence electrons. The zero-order valence-electron chi connectivity index (χ0n) is 10.4. The number of nitrogens with one attached hydrogen (secondary N) is 1. The van der Waals surface area contributed by atoms with Gasteiger partial charge in [-0.15, -0.1) is 0 Å². The lowest BCUT2D eigenvalue weighted by molar-refractivity contribution is -0.159. The number of hydrogen-bond acceptors (Lipinski definition) is 4. The van der Waals surface area contributed by atoms with Crippen molar-refractivity contribution in [3.05, 3.63) is 24.3 Å². The number of rotatable bonds is 4. The van der Waals surface area contributed by atoms with Crippen LogP contribution in [0.15, 0.2) is 29.2 Å². The maximum Gasteiger partial charge on any atom is 0.422 e. The van der Waals surface area contributed by atoms with Crippen LogP contribution in [0.1, 0.15) is 6.92 Å². The van der Waals surface area contributed by atoms with E-state index in [1.54, 1.807) is 0 Å². The molecule has 0 unspecified atom stereocenters. The first-order valence-electron chi connectivity index (χ1n) is 5.47. The molecule has 0 aliphatic rings. The molecule has 0 saturated carbocycles. The van der Waals surface area contributed by atoms with Gasteiger partial charge in [0.1, 0.15) is 0 Å². The number of alkyl halides is 3. The Morgan fingerprint density at radius 2 is 1.80 bits per heavy atom. The van der Waals surface area contributed by atoms with Gasteiger partial charge in [0.2, 0.25) is 0 Å². The van der Waals surface area contributed by atoms with E-state index in [-0.39, 0.29) is 16.3 Å². The Bertz CT molecular complexity index is 566. The molecule has 0 aliphatic heterocycles. The van der Waals surface area contributed by atoms with E-state index >= 15 is 0 Å². The molecule has 5 nitrogen and oxygen atoms in total. The smallest absolute Gasteiger partial charge is 0.422 e. The molecular weight excluding hydrogens is 299 g/mol. The number of anilines is 1. The standard InChI is InChI=1S/C11H12F3NO4S/c1-2-20(17,18)9-5-3-8(4-6-9)15-10(16)19-7-11(12,13)14/h3-6H,2,7H2,1H3,(H,15,16). The van der Waals surface area contributed by atoms with Gasteiger partial charge < -0.3 is 4.74 Å². The van der Waals surface area contributed by atoms with Crippen LogP contribution in [-0.4, -0.2) is 33.0 Å². The molecule has 9 heteroatoms. The molecule has 1 aromatic carbocycles. The lowest BCUT2D eigenvalue weighted by atomic mass is 10.3. The van der Waals surface area contributed by atoms with Crippen molar-refractivity contribution in [2.75, 3.05) is 17.7 Å². The van der Waals surface area contributed by atoms with E-state index in [0.717, 1.165) is 0 Å². The highest BCUT2D eigenvalue weighted by Crippen LogP contribution is 2.17. The molecule has 0 saturated heterocycles. The minimum atomic E-state index is -4.60. The minimum absolute atomic E-state index is 0.0641. The van der Waals surface area contributed by atoms with Crippen molar-refractivity contribution >= 4 is 21.6 Å². The molecule has 0 aromatic heterocycles. The van der Waals surface area contributed by atoms with Gasteiger partial charge >= 0.3 is 12.3 Å². The summed E-state index contributed by atoms with van der Waals surface area (Å²) in [6, 6.07) is 5.02. The third-order valence-corrected chi connectivity index (χ3v) is 3.96. The monoisotopic (exact) mass is 311 g/mol. The molecule has 1 N–H and O–H groups in total. The fourth-order valence-corrected chi connectivity index (χ4v) is 2.10. The Morgan fingerprint density at radius 3 is 2.25 bits per heavy atom. The number of ether oxygens (including phenoxy) is 1. The van der Waals surface area contributed by atoms with Crippen molar-refractivity contribution in [1.82, 2.24) is 0 Å². The number of carbonyl (C=O) groups excluding carboxylic acids is 1. The Balaban J connectivity index is 2.65. The second kappa shape index (κ2) is 6.12. The van der Waals surface area contributed by atoms with Crippen LogP contribution in [0.4, 0.5) is 23.7 Å². The van der Waals surface area contributed by atoms with Gasteiger partial charge in [-0.3, -0.25) is 5.32 Å². The number of benzene rings is 1. The van der Waals surface area contributed by atoms with Crippen molar-refractivity contribution in [1.29, 1.82) is 0 Å². The Labute approximate surface area is 113 Å². The highest BCUT2D eigenvalue weighted by atomic mass is 32.2. The normalized spacial score (nSPS) is 12.0. The molecule has 0 aliphatic carbocycles. The maximum absolute atomic E-state index is 11.8. The average Bonchev–Trinajstić information content (AvgIpc) is 2.36. The summed E-state index contributed by atoms with van der Waals surface area (Å²) in [5, 5.41) is 2.06. The van der Waals surface area contributed by atoms with E-state index in [9.17, 15) is 26.4 Å². The van der Waals surface area contributed by atoms with Crippen LogP contribution in [0.2, 0.25) is 0 Å². The molecule has 1 rings (SSSR count). The lowest BCUT2D eigenvalue weighted by Crippen LogP contribution is -2.23. The topological polar surface area (TPSA) is 72.5 Å². The van der Waals surface area contributed by atoms with Crippen molar-refractivity contribution < 1.29 is 31.1 Å². The van der Waals surface area contributed by atoms with Gasteiger partial charge in [-0.1, -0.05) is 6.92 Å². The highest BCUT2D eigenvalue weighted by molar-refractivity contribution is 7.91. The first kappa shape index (κ1) is 16.3. The third-order valence-electron chi connectivity index (χ3n) is 2.21. The number of carbonyl (C=O) groups is 1. The number of amides is 1. The van der Waals surface area contributed by atoms with Gasteiger partial charge in [0.15, 0.2) is 16.4 Å². The van der Waals surface area contributed by atoms with Gasteiger partial charge in [0.05, 0.1) is 10.6 Å². The van der Waals surface area contributed by atoms with E-state index in [4.69, 9.17) is 0 Å². The van der Waals surface area contributed by atoms with E-state index in [0.29, 0.717) is 0 Å². The van der Waals surface area contributed by atoms with Gasteiger partial charge in [0.25, 0.3) is 0 Å². The Kier molecular flexibility index (Phi) is 4.98. The van der Waals surface area contributed by atoms with Crippen molar-refractivity contribution in [2.24, 2.45) is 0 Å². The number of halogens is 3. The number of hydrogen-bond donors (Lipinski definition) is 1. The summed E-state index contributed by atoms with van der Waals surface area (Å²) in [5.74, 6) is -0.0760. The average molecular weight is 311 g/mol. The second-order valence-corrected chi connectivity index (χ2v) is 6.02. The van der Waals surface area contributed by atoms with Crippen molar-refractivity contribution in [3.8, 4) is 0 Å². The summed E-state index contributed by atoms with van der Waals surface area (Å²) in [5.41, 5.74) is 0.132. The molecule has 20 heavy (non-hydrogen) atoms. The maximum atomic E-state index is 11.8. The summed E-state index contributed by atoms with van der Waals surface area (Å²) in [6.07, 6.45) is -5.87. The van der Waals surface area contributed by atoms with E-state index < -0.39 is 28.7 Å². The van der Waals surface area contributed by atoms with Gasteiger partial charge in [0, 0.05) is 5.69 Å². The fourth-order valence-electron chi connectivity index (χ4n) is 1.21. The minimum Gasteiger partial charge on any atom is -0.440 e. The highest BCUT2D eigenvalue weighted by Gasteiger charge is 2.29. The van der Waals surface area contributed by atoms with E-state index in [2.05, 4.69) is 10.1 Å². The summed E-state index contributed by atoms with van der Waals surface area (Å²) in [4.78, 5) is 11.1. The molecule has 1 amide bonds. The van der Waals surface area contributed by atoms with E-state index in [1.165, 1.54) is 31.2 Å². The molecule has 0 heterocycles. The van der Waals surface area contributed by atoms with Crippen LogP contribution in [0, 0.1) is 0 Å². The van der Waals surface area contributed by atoms with Crippen LogP contribution in [-0.2, 0) is 14.6 Å². The molecule has 0 atom stereocenters. The van der Waals surface area contributed by atoms with Gasteiger partial charge in [-0.05, 0) is 24.3 Å². The van der Waals surface area contributed by atoms with Crippen LogP contribution in [0.5, 0.6) is 0 Å². The van der Waals surface area contributed by atoms with Gasteiger partial charge in [-0.2, -0.15) is 13.2 Å². The van der Waals surface area contributed by atoms with Crippen LogP contribution in [0.25, 0.3) is 0 Å². The summed E-state index contributed by atoms with van der Waals surface area (Å²) >= 11 is 0.